The Hall–Kier alpha value is -3.53. The molecule has 0 bridgehead atoms. The molecule has 6 nitrogen and oxygen atoms in total. The number of H-pyrrole nitrogens is 1. The average Bonchev–Trinajstić information content (AvgIpc) is 3.10. The molecule has 2 heterocycles. The van der Waals surface area contributed by atoms with Gasteiger partial charge in [0.05, 0.1) is 22.6 Å². The van der Waals surface area contributed by atoms with Crippen molar-refractivity contribution >= 4 is 34.4 Å². The van der Waals surface area contributed by atoms with Gasteiger partial charge in [-0.15, -0.1) is 0 Å². The van der Waals surface area contributed by atoms with Crippen molar-refractivity contribution in [1.82, 2.24) is 14.5 Å². The molecule has 2 aromatic carbocycles. The van der Waals surface area contributed by atoms with E-state index in [-0.39, 0.29) is 22.1 Å². The molecule has 10 heteroatoms. The highest BCUT2D eigenvalue weighted by Gasteiger charge is 2.17. The number of carbonyl (C=O) groups is 1. The summed E-state index contributed by atoms with van der Waals surface area (Å²) in [6.45, 7) is 1.78. The van der Waals surface area contributed by atoms with E-state index in [1.165, 1.54) is 28.8 Å². The highest BCUT2D eigenvalue weighted by Crippen LogP contribution is 2.23. The van der Waals surface area contributed by atoms with Gasteiger partial charge in [-0.1, -0.05) is 11.8 Å². The molecule has 31 heavy (non-hydrogen) atoms. The van der Waals surface area contributed by atoms with Gasteiger partial charge in [0.25, 0.3) is 5.56 Å². The van der Waals surface area contributed by atoms with Crippen molar-refractivity contribution in [2.75, 3.05) is 11.1 Å². The summed E-state index contributed by atoms with van der Waals surface area (Å²) >= 11 is 0.956. The van der Waals surface area contributed by atoms with Crippen LogP contribution in [0.1, 0.15) is 5.69 Å². The Bertz CT molecular complexity index is 1350. The second-order valence-electron chi connectivity index (χ2n) is 6.68. The molecule has 0 saturated heterocycles. The van der Waals surface area contributed by atoms with Crippen LogP contribution in [0.15, 0.2) is 58.5 Å². The third kappa shape index (κ3) is 4.33. The number of nitrogens with one attached hydrogen (secondary N) is 2. The maximum Gasteiger partial charge on any atom is 0.283 e. The zero-order valence-electron chi connectivity index (χ0n) is 16.1. The highest BCUT2D eigenvalue weighted by molar-refractivity contribution is 7.99. The Morgan fingerprint density at radius 1 is 1.10 bits per heavy atom. The number of carbonyl (C=O) groups excluding carboxylic acids is 1. The minimum Gasteiger partial charge on any atom is -0.353 e. The van der Waals surface area contributed by atoms with Gasteiger partial charge in [0, 0.05) is 11.8 Å². The standard InChI is InChI=1S/C21H15F3N4O2S/c1-11-8-17-19(25-11)20(30)28(14-5-2-12(22)3-6-14)21(27-17)31-10-18(29)26-16-7-4-13(23)9-15(16)24/h2-9,25H,10H2,1H3,(H,26,29). The number of halogens is 3. The number of aromatic amines is 1. The Balaban J connectivity index is 1.66. The third-order valence-corrected chi connectivity index (χ3v) is 5.32. The van der Waals surface area contributed by atoms with Gasteiger partial charge < -0.3 is 10.3 Å². The molecule has 158 valence electrons. The molecule has 0 saturated carbocycles. The lowest BCUT2D eigenvalue weighted by Crippen LogP contribution is -2.23. The molecular weight excluding hydrogens is 429 g/mol. The van der Waals surface area contributed by atoms with Gasteiger partial charge in [0.15, 0.2) is 5.16 Å². The molecule has 0 aliphatic rings. The second kappa shape index (κ2) is 8.31. The number of benzene rings is 2. The predicted octanol–water partition coefficient (Wildman–Crippen LogP) is 4.17. The van der Waals surface area contributed by atoms with Crippen LogP contribution in [-0.2, 0) is 4.79 Å². The molecule has 4 aromatic rings. The zero-order chi connectivity index (χ0) is 22.1. The molecule has 0 aliphatic heterocycles. The van der Waals surface area contributed by atoms with Crippen LogP contribution in [0, 0.1) is 24.4 Å². The Kier molecular flexibility index (Phi) is 5.55. The molecule has 0 unspecified atom stereocenters. The van der Waals surface area contributed by atoms with E-state index < -0.39 is 28.9 Å². The summed E-state index contributed by atoms with van der Waals surface area (Å²) in [7, 11) is 0. The van der Waals surface area contributed by atoms with E-state index >= 15 is 0 Å². The number of fused-ring (bicyclic) bond motifs is 1. The SMILES string of the molecule is Cc1cc2nc(SCC(=O)Nc3ccc(F)cc3F)n(-c3ccc(F)cc3)c(=O)c2[nH]1. The molecule has 0 radical (unpaired) electrons. The summed E-state index contributed by atoms with van der Waals surface area (Å²) in [5, 5.41) is 2.56. The van der Waals surface area contributed by atoms with Crippen molar-refractivity contribution in [2.45, 2.75) is 12.1 Å². The average molecular weight is 444 g/mol. The van der Waals surface area contributed by atoms with Gasteiger partial charge in [0.2, 0.25) is 5.91 Å². The van der Waals surface area contributed by atoms with Gasteiger partial charge in [-0.3, -0.25) is 14.2 Å². The second-order valence-corrected chi connectivity index (χ2v) is 7.63. The van der Waals surface area contributed by atoms with E-state index in [9.17, 15) is 22.8 Å². The molecule has 2 N–H and O–H groups in total. The first-order valence-electron chi connectivity index (χ1n) is 9.08. The fourth-order valence-electron chi connectivity index (χ4n) is 3.00. The number of hydrogen-bond acceptors (Lipinski definition) is 4. The maximum absolute atomic E-state index is 13.8. The molecule has 2 aromatic heterocycles. The highest BCUT2D eigenvalue weighted by atomic mass is 32.2. The summed E-state index contributed by atoms with van der Waals surface area (Å²) in [4.78, 5) is 32.8. The van der Waals surface area contributed by atoms with Crippen molar-refractivity contribution in [2.24, 2.45) is 0 Å². The number of aryl methyl sites for hydroxylation is 1. The van der Waals surface area contributed by atoms with Crippen LogP contribution in [0.5, 0.6) is 0 Å². The number of thioether (sulfide) groups is 1. The number of aromatic nitrogens is 3. The molecule has 1 amide bonds. The summed E-state index contributed by atoms with van der Waals surface area (Å²) in [6.07, 6.45) is 0. The van der Waals surface area contributed by atoms with Crippen molar-refractivity contribution in [3.05, 3.63) is 82.0 Å². The molecule has 0 spiro atoms. The van der Waals surface area contributed by atoms with Crippen LogP contribution in [0.3, 0.4) is 0 Å². The van der Waals surface area contributed by atoms with Crippen molar-refractivity contribution in [1.29, 1.82) is 0 Å². The van der Waals surface area contributed by atoms with E-state index in [0.717, 1.165) is 29.6 Å². The first-order valence-corrected chi connectivity index (χ1v) is 10.1. The van der Waals surface area contributed by atoms with Gasteiger partial charge in [-0.25, -0.2) is 18.2 Å². The van der Waals surface area contributed by atoms with Gasteiger partial charge >= 0.3 is 0 Å². The Labute approximate surface area is 178 Å². The third-order valence-electron chi connectivity index (χ3n) is 4.38. The molecular formula is C21H15F3N4O2S. The fraction of sp³-hybridized carbons (Fsp3) is 0.0952. The van der Waals surface area contributed by atoms with E-state index in [0.29, 0.717) is 17.3 Å². The van der Waals surface area contributed by atoms with Gasteiger partial charge in [-0.05, 0) is 49.4 Å². The van der Waals surface area contributed by atoms with Crippen LogP contribution in [-0.4, -0.2) is 26.2 Å². The Morgan fingerprint density at radius 2 is 1.81 bits per heavy atom. The number of nitrogens with zero attached hydrogens (tertiary/aromatic N) is 2. The van der Waals surface area contributed by atoms with Crippen LogP contribution < -0.4 is 10.9 Å². The number of amides is 1. The van der Waals surface area contributed by atoms with E-state index in [2.05, 4.69) is 15.3 Å². The van der Waals surface area contributed by atoms with Gasteiger partial charge in [0.1, 0.15) is 23.0 Å². The van der Waals surface area contributed by atoms with Crippen LogP contribution >= 0.6 is 11.8 Å². The number of hydrogen-bond donors (Lipinski definition) is 2. The van der Waals surface area contributed by atoms with Crippen LogP contribution in [0.2, 0.25) is 0 Å². The summed E-state index contributed by atoms with van der Waals surface area (Å²) in [6, 6.07) is 9.80. The quantitative estimate of drug-likeness (QED) is 0.358. The fourth-order valence-corrected chi connectivity index (χ4v) is 3.81. The van der Waals surface area contributed by atoms with Crippen molar-refractivity contribution in [3.8, 4) is 5.69 Å². The lowest BCUT2D eigenvalue weighted by atomic mass is 10.3. The summed E-state index contributed by atoms with van der Waals surface area (Å²) in [5.74, 6) is -2.88. The summed E-state index contributed by atoms with van der Waals surface area (Å²) in [5.41, 5.74) is 1.25. The number of anilines is 1. The smallest absolute Gasteiger partial charge is 0.283 e. The van der Waals surface area contributed by atoms with E-state index in [4.69, 9.17) is 0 Å². The van der Waals surface area contributed by atoms with Crippen molar-refractivity contribution < 1.29 is 18.0 Å². The summed E-state index contributed by atoms with van der Waals surface area (Å²) < 4.78 is 41.4. The predicted molar refractivity (Wildman–Crippen MR) is 112 cm³/mol. The maximum atomic E-state index is 13.8. The van der Waals surface area contributed by atoms with Crippen LogP contribution in [0.25, 0.3) is 16.7 Å². The van der Waals surface area contributed by atoms with Crippen LogP contribution in [0.4, 0.5) is 18.9 Å². The zero-order valence-corrected chi connectivity index (χ0v) is 16.9. The first kappa shape index (κ1) is 20.7. The van der Waals surface area contributed by atoms with E-state index in [1.54, 1.807) is 13.0 Å². The topological polar surface area (TPSA) is 79.8 Å². The molecule has 0 aliphatic carbocycles. The molecule has 0 fully saturated rings. The number of rotatable bonds is 5. The van der Waals surface area contributed by atoms with Gasteiger partial charge in [-0.2, -0.15) is 0 Å². The van der Waals surface area contributed by atoms with Crippen molar-refractivity contribution in [3.63, 3.8) is 0 Å². The minimum absolute atomic E-state index is 0.160. The normalized spacial score (nSPS) is 11.1. The largest absolute Gasteiger partial charge is 0.353 e. The monoisotopic (exact) mass is 444 g/mol. The van der Waals surface area contributed by atoms with E-state index in [1.807, 2.05) is 0 Å². The Morgan fingerprint density at radius 3 is 2.52 bits per heavy atom. The minimum atomic E-state index is -0.899. The molecule has 4 rings (SSSR count). The first-order chi connectivity index (χ1) is 14.8. The lowest BCUT2D eigenvalue weighted by Gasteiger charge is -2.12. The molecule has 0 atom stereocenters. The lowest BCUT2D eigenvalue weighted by molar-refractivity contribution is -0.113.